The van der Waals surface area contributed by atoms with E-state index in [0.717, 1.165) is 89.9 Å². The Bertz CT molecular complexity index is 1630. The molecule has 1 unspecified atom stereocenters. The number of carbonyl (C=O) groups excluding carboxylic acids is 3. The van der Waals surface area contributed by atoms with Crippen molar-refractivity contribution in [2.24, 2.45) is 0 Å². The van der Waals surface area contributed by atoms with Crippen molar-refractivity contribution in [1.29, 1.82) is 0 Å². The van der Waals surface area contributed by atoms with Crippen LogP contribution in [-0.2, 0) is 28.6 Å². The molecule has 65 heavy (non-hydrogen) atoms. The van der Waals surface area contributed by atoms with Gasteiger partial charge in [0.2, 0.25) is 0 Å². The molecule has 0 amide bonds. The summed E-state index contributed by atoms with van der Waals surface area (Å²) in [7, 11) is 0. The highest BCUT2D eigenvalue weighted by molar-refractivity contribution is 5.71. The maximum Gasteiger partial charge on any atom is 0.306 e. The van der Waals surface area contributed by atoms with Gasteiger partial charge in [0, 0.05) is 19.3 Å². The van der Waals surface area contributed by atoms with Gasteiger partial charge in [-0.15, -0.1) is 0 Å². The van der Waals surface area contributed by atoms with Crippen LogP contribution in [0.5, 0.6) is 0 Å². The van der Waals surface area contributed by atoms with Crippen LogP contribution in [0.2, 0.25) is 0 Å². The highest BCUT2D eigenvalue weighted by Crippen LogP contribution is 2.09. The molecule has 0 bridgehead atoms. The summed E-state index contributed by atoms with van der Waals surface area (Å²) < 4.78 is 16.6. The van der Waals surface area contributed by atoms with Crippen LogP contribution in [0.4, 0.5) is 0 Å². The summed E-state index contributed by atoms with van der Waals surface area (Å²) in [6.45, 7) is 6.07. The Labute approximate surface area is 395 Å². The van der Waals surface area contributed by atoms with Gasteiger partial charge in [-0.1, -0.05) is 209 Å². The molecule has 6 nitrogen and oxygen atoms in total. The van der Waals surface area contributed by atoms with Crippen molar-refractivity contribution >= 4 is 17.9 Å². The number of hydrogen-bond donors (Lipinski definition) is 0. The van der Waals surface area contributed by atoms with Crippen molar-refractivity contribution in [3.63, 3.8) is 0 Å². The van der Waals surface area contributed by atoms with Crippen molar-refractivity contribution in [3.8, 4) is 0 Å². The minimum Gasteiger partial charge on any atom is -0.462 e. The lowest BCUT2D eigenvalue weighted by Gasteiger charge is -2.18. The molecule has 0 aliphatic heterocycles. The Morgan fingerprint density at radius 1 is 0.323 bits per heavy atom. The molecule has 0 saturated heterocycles. The lowest BCUT2D eigenvalue weighted by molar-refractivity contribution is -0.166. The number of rotatable bonds is 40. The van der Waals surface area contributed by atoms with Gasteiger partial charge < -0.3 is 14.2 Å². The lowest BCUT2D eigenvalue weighted by Crippen LogP contribution is -2.30. The van der Waals surface area contributed by atoms with E-state index in [2.05, 4.69) is 118 Å². The molecule has 0 heterocycles. The molecule has 1 atom stereocenters. The second kappa shape index (κ2) is 51.1. The summed E-state index contributed by atoms with van der Waals surface area (Å²) in [6.07, 6.45) is 77.4. The largest absolute Gasteiger partial charge is 0.462 e. The zero-order valence-corrected chi connectivity index (χ0v) is 40.4. The zero-order chi connectivity index (χ0) is 47.2. The Morgan fingerprint density at radius 2 is 0.662 bits per heavy atom. The monoisotopic (exact) mass is 889 g/mol. The molecule has 0 aliphatic rings. The topological polar surface area (TPSA) is 78.9 Å². The maximum atomic E-state index is 12.7. The normalized spacial score (nSPS) is 13.7. The molecule has 0 radical (unpaired) electrons. The van der Waals surface area contributed by atoms with Gasteiger partial charge in [0.1, 0.15) is 13.2 Å². The average molecular weight is 889 g/mol. The van der Waals surface area contributed by atoms with Crippen LogP contribution in [0.3, 0.4) is 0 Å². The summed E-state index contributed by atoms with van der Waals surface area (Å²) in [5.41, 5.74) is 0. The third-order valence-corrected chi connectivity index (χ3v) is 9.09. The maximum absolute atomic E-state index is 12.7. The van der Waals surface area contributed by atoms with Gasteiger partial charge in [-0.25, -0.2) is 0 Å². The summed E-state index contributed by atoms with van der Waals surface area (Å²) in [4.78, 5) is 37.9. The van der Waals surface area contributed by atoms with E-state index in [4.69, 9.17) is 14.2 Å². The van der Waals surface area contributed by atoms with Crippen molar-refractivity contribution < 1.29 is 28.6 Å². The smallest absolute Gasteiger partial charge is 0.306 e. The van der Waals surface area contributed by atoms with E-state index in [1.54, 1.807) is 0 Å². The van der Waals surface area contributed by atoms with E-state index in [-0.39, 0.29) is 44.4 Å². The van der Waals surface area contributed by atoms with Crippen molar-refractivity contribution in [2.45, 2.75) is 155 Å². The van der Waals surface area contributed by atoms with Crippen LogP contribution < -0.4 is 0 Å². The van der Waals surface area contributed by atoms with E-state index in [9.17, 15) is 14.4 Å². The Balaban J connectivity index is 4.69. The molecule has 6 heteroatoms. The van der Waals surface area contributed by atoms with E-state index in [1.807, 2.05) is 85.1 Å². The lowest BCUT2D eigenvalue weighted by atomic mass is 10.1. The molecular formula is C59H84O6. The van der Waals surface area contributed by atoms with Crippen LogP contribution in [0.1, 0.15) is 149 Å². The van der Waals surface area contributed by atoms with E-state index in [0.29, 0.717) is 19.3 Å². The molecule has 0 aromatic carbocycles. The minimum absolute atomic E-state index is 0.154. The Morgan fingerprint density at radius 3 is 1.11 bits per heavy atom. The highest BCUT2D eigenvalue weighted by Gasteiger charge is 2.19. The SMILES string of the molecule is CC\C=C/C=C\C=C/C=C\C=C\C=C/C=C\CCCCCC(=O)OCC(COC(=O)CCCC/C=C\C/C=C\C/C=C\CC)OC(=O)CC/C=C\C/C=C\C/C=C\C/C=C\C/C=C\CC. The number of esters is 3. The zero-order valence-electron chi connectivity index (χ0n) is 40.4. The van der Waals surface area contributed by atoms with Crippen LogP contribution in [0, 0.1) is 0 Å². The number of ether oxygens (including phenoxy) is 3. The first-order valence-electron chi connectivity index (χ1n) is 24.4. The molecule has 0 aromatic rings. The second-order valence-electron chi connectivity index (χ2n) is 15.1. The van der Waals surface area contributed by atoms with Crippen molar-refractivity contribution in [1.82, 2.24) is 0 Å². The molecular weight excluding hydrogens is 805 g/mol. The highest BCUT2D eigenvalue weighted by atomic mass is 16.6. The van der Waals surface area contributed by atoms with Gasteiger partial charge in [0.15, 0.2) is 6.10 Å². The molecule has 0 N–H and O–H groups in total. The molecule has 0 rings (SSSR count). The Hall–Kier alpha value is -5.49. The molecule has 356 valence electrons. The molecule has 0 spiro atoms. The van der Waals surface area contributed by atoms with Gasteiger partial charge >= 0.3 is 17.9 Å². The first-order valence-corrected chi connectivity index (χ1v) is 24.4. The van der Waals surface area contributed by atoms with E-state index >= 15 is 0 Å². The van der Waals surface area contributed by atoms with Crippen LogP contribution in [0.25, 0.3) is 0 Å². The van der Waals surface area contributed by atoms with Gasteiger partial charge in [-0.05, 0) is 103 Å². The van der Waals surface area contributed by atoms with Gasteiger partial charge in [-0.2, -0.15) is 0 Å². The van der Waals surface area contributed by atoms with Crippen LogP contribution in [0.15, 0.2) is 182 Å². The standard InChI is InChI=1S/C59H84O6/c1-4-7-10-13-16-19-22-25-27-29-30-31-33-34-37-40-43-46-49-52-58(61)64-55-56(54-63-57(60)51-48-45-42-39-36-24-21-18-15-12-9-6-3)65-59(62)53-50-47-44-41-38-35-32-28-26-23-20-17-14-11-8-5-2/h7-13,16-22,25-31,33-39,44,47,56H,4-6,14-15,23-24,32,40-43,45-46,48-55H2,1-3H3/b10-7-,11-8-,12-9-,16-13-,20-17-,21-18-,22-19-,27-25-,28-26-,30-29+,33-31-,37-34-,38-35-,39-36-,47-44-. The third kappa shape index (κ3) is 49.4. The number of carbonyl (C=O) groups is 3. The van der Waals surface area contributed by atoms with Gasteiger partial charge in [0.25, 0.3) is 0 Å². The predicted molar refractivity (Wildman–Crippen MR) is 278 cm³/mol. The average Bonchev–Trinajstić information content (AvgIpc) is 3.30. The van der Waals surface area contributed by atoms with Crippen molar-refractivity contribution in [2.75, 3.05) is 13.2 Å². The van der Waals surface area contributed by atoms with Crippen molar-refractivity contribution in [3.05, 3.63) is 182 Å². The van der Waals surface area contributed by atoms with Gasteiger partial charge in [0.05, 0.1) is 0 Å². The molecule has 0 aliphatic carbocycles. The Kier molecular flexibility index (Phi) is 46.8. The number of hydrogen-bond acceptors (Lipinski definition) is 6. The molecule has 0 fully saturated rings. The summed E-state index contributed by atoms with van der Waals surface area (Å²) in [5, 5.41) is 0. The quantitative estimate of drug-likeness (QED) is 0.0200. The van der Waals surface area contributed by atoms with Gasteiger partial charge in [-0.3, -0.25) is 14.4 Å². The minimum atomic E-state index is -0.863. The third-order valence-electron chi connectivity index (χ3n) is 9.09. The summed E-state index contributed by atoms with van der Waals surface area (Å²) >= 11 is 0. The molecule has 0 aromatic heterocycles. The number of allylic oxidation sites excluding steroid dienone is 30. The summed E-state index contributed by atoms with van der Waals surface area (Å²) in [5.74, 6) is -1.14. The second-order valence-corrected chi connectivity index (χ2v) is 15.1. The predicted octanol–water partition coefficient (Wildman–Crippen LogP) is 16.2. The fourth-order valence-electron chi connectivity index (χ4n) is 5.54. The summed E-state index contributed by atoms with van der Waals surface area (Å²) in [6, 6.07) is 0. The first-order chi connectivity index (χ1) is 32.0. The first kappa shape index (κ1) is 59.5. The van der Waals surface area contributed by atoms with Crippen LogP contribution >= 0.6 is 0 Å². The fourth-order valence-corrected chi connectivity index (χ4v) is 5.54. The number of unbranched alkanes of at least 4 members (excludes halogenated alkanes) is 5. The molecule has 0 saturated carbocycles. The fraction of sp³-hybridized carbons (Fsp3) is 0.441. The van der Waals surface area contributed by atoms with E-state index in [1.165, 1.54) is 0 Å². The van der Waals surface area contributed by atoms with E-state index < -0.39 is 12.1 Å². The van der Waals surface area contributed by atoms with Crippen LogP contribution in [-0.4, -0.2) is 37.2 Å².